The van der Waals surface area contributed by atoms with Crippen molar-refractivity contribution in [2.24, 2.45) is 5.73 Å². The summed E-state index contributed by atoms with van der Waals surface area (Å²) < 4.78 is 5.25. The highest BCUT2D eigenvalue weighted by molar-refractivity contribution is 4.93. The summed E-state index contributed by atoms with van der Waals surface area (Å²) in [6, 6.07) is 0. The molecule has 1 aliphatic heterocycles. The number of nitrogens with one attached hydrogen (secondary N) is 1. The van der Waals surface area contributed by atoms with E-state index in [1.807, 2.05) is 0 Å². The molecule has 0 aromatic heterocycles. The van der Waals surface area contributed by atoms with Crippen LogP contribution in [0.15, 0.2) is 12.0 Å². The van der Waals surface area contributed by atoms with Gasteiger partial charge in [-0.1, -0.05) is 0 Å². The second-order valence-corrected chi connectivity index (χ2v) is 2.63. The van der Waals surface area contributed by atoms with Gasteiger partial charge >= 0.3 is 0 Å². The lowest BCUT2D eigenvalue weighted by atomic mass is 10.2. The van der Waals surface area contributed by atoms with Gasteiger partial charge in [-0.25, -0.2) is 0 Å². The Balaban J connectivity index is 2.03. The van der Waals surface area contributed by atoms with Gasteiger partial charge in [-0.15, -0.1) is 0 Å². The highest BCUT2D eigenvalue weighted by Gasteiger charge is 2.03. The van der Waals surface area contributed by atoms with E-state index in [1.54, 1.807) is 0 Å². The Morgan fingerprint density at radius 2 is 2.45 bits per heavy atom. The summed E-state index contributed by atoms with van der Waals surface area (Å²) in [5.41, 5.74) is 5.36. The molecule has 0 aromatic carbocycles. The summed E-state index contributed by atoms with van der Waals surface area (Å²) in [6.45, 7) is 2.54. The predicted octanol–water partition coefficient (Wildman–Crippen LogP) is 0.577. The number of allylic oxidation sites excluding steroid dienone is 1. The van der Waals surface area contributed by atoms with Crippen molar-refractivity contribution >= 4 is 0 Å². The van der Waals surface area contributed by atoms with Crippen molar-refractivity contribution in [1.29, 1.82) is 0 Å². The third kappa shape index (κ3) is 3.28. The van der Waals surface area contributed by atoms with Gasteiger partial charge in [-0.3, -0.25) is 0 Å². The molecular formula is C8H16N2O. The van der Waals surface area contributed by atoms with Crippen LogP contribution < -0.4 is 11.1 Å². The van der Waals surface area contributed by atoms with Crippen LogP contribution in [0.4, 0.5) is 0 Å². The second kappa shape index (κ2) is 5.02. The predicted molar refractivity (Wildman–Crippen MR) is 44.9 cm³/mol. The molecule has 3 nitrogen and oxygen atoms in total. The van der Waals surface area contributed by atoms with Crippen LogP contribution in [0.25, 0.3) is 0 Å². The van der Waals surface area contributed by atoms with Gasteiger partial charge < -0.3 is 15.8 Å². The molecular weight excluding hydrogens is 140 g/mol. The molecule has 3 heteroatoms. The zero-order valence-electron chi connectivity index (χ0n) is 6.81. The van der Waals surface area contributed by atoms with Crippen molar-refractivity contribution in [3.05, 3.63) is 12.0 Å². The summed E-state index contributed by atoms with van der Waals surface area (Å²) >= 11 is 0. The first kappa shape index (κ1) is 8.40. The van der Waals surface area contributed by atoms with E-state index in [9.17, 15) is 0 Å². The summed E-state index contributed by atoms with van der Waals surface area (Å²) in [6.07, 6.45) is 5.43. The molecule has 1 fully saturated rings. The Labute approximate surface area is 67.6 Å². The summed E-state index contributed by atoms with van der Waals surface area (Å²) in [5, 5.41) is 3.14. The monoisotopic (exact) mass is 156 g/mol. The SMILES string of the molecule is NCCCCC=C1NCCO1. The van der Waals surface area contributed by atoms with Gasteiger partial charge in [-0.05, 0) is 31.9 Å². The fourth-order valence-corrected chi connectivity index (χ4v) is 1.04. The Hall–Kier alpha value is -0.700. The summed E-state index contributed by atoms with van der Waals surface area (Å²) in [4.78, 5) is 0. The van der Waals surface area contributed by atoms with Crippen LogP contribution in [0.1, 0.15) is 19.3 Å². The maximum atomic E-state index is 5.36. The molecule has 0 bridgehead atoms. The minimum Gasteiger partial charge on any atom is -0.478 e. The van der Waals surface area contributed by atoms with Gasteiger partial charge in [0.05, 0.1) is 6.54 Å². The molecule has 1 saturated heterocycles. The van der Waals surface area contributed by atoms with Crippen molar-refractivity contribution in [3.63, 3.8) is 0 Å². The van der Waals surface area contributed by atoms with Crippen LogP contribution in [0.2, 0.25) is 0 Å². The molecule has 0 atom stereocenters. The average Bonchev–Trinajstić information content (AvgIpc) is 2.50. The standard InChI is InChI=1S/C8H16N2O/c9-5-3-1-2-4-8-10-6-7-11-8/h4,10H,1-3,5-7,9H2. The van der Waals surface area contributed by atoms with Crippen LogP contribution in [0, 0.1) is 0 Å². The number of rotatable bonds is 4. The van der Waals surface area contributed by atoms with Gasteiger partial charge in [0.2, 0.25) is 0 Å². The van der Waals surface area contributed by atoms with Crippen LogP contribution in [-0.2, 0) is 4.74 Å². The fraction of sp³-hybridized carbons (Fsp3) is 0.750. The van der Waals surface area contributed by atoms with E-state index in [0.29, 0.717) is 0 Å². The van der Waals surface area contributed by atoms with Gasteiger partial charge in [0, 0.05) is 0 Å². The molecule has 64 valence electrons. The van der Waals surface area contributed by atoms with E-state index in [-0.39, 0.29) is 0 Å². The number of hydrogen-bond acceptors (Lipinski definition) is 3. The second-order valence-electron chi connectivity index (χ2n) is 2.63. The van der Waals surface area contributed by atoms with E-state index >= 15 is 0 Å². The van der Waals surface area contributed by atoms with Crippen LogP contribution >= 0.6 is 0 Å². The molecule has 0 aromatic rings. The lowest BCUT2D eigenvalue weighted by molar-refractivity contribution is 0.264. The molecule has 0 saturated carbocycles. The maximum absolute atomic E-state index is 5.36. The highest BCUT2D eigenvalue weighted by atomic mass is 16.5. The van der Waals surface area contributed by atoms with Crippen molar-refractivity contribution in [2.45, 2.75) is 19.3 Å². The van der Waals surface area contributed by atoms with Gasteiger partial charge in [-0.2, -0.15) is 0 Å². The number of hydrogen-bond donors (Lipinski definition) is 2. The quantitative estimate of drug-likeness (QED) is 0.585. The highest BCUT2D eigenvalue weighted by Crippen LogP contribution is 2.03. The van der Waals surface area contributed by atoms with E-state index in [4.69, 9.17) is 10.5 Å². The minimum atomic E-state index is 0.789. The Morgan fingerprint density at radius 1 is 1.55 bits per heavy atom. The zero-order chi connectivity index (χ0) is 7.94. The Kier molecular flexibility index (Phi) is 3.83. The van der Waals surface area contributed by atoms with E-state index in [1.165, 1.54) is 0 Å². The largest absolute Gasteiger partial charge is 0.478 e. The topological polar surface area (TPSA) is 47.3 Å². The van der Waals surface area contributed by atoms with E-state index < -0.39 is 0 Å². The van der Waals surface area contributed by atoms with Gasteiger partial charge in [0.25, 0.3) is 0 Å². The Morgan fingerprint density at radius 3 is 3.09 bits per heavy atom. The van der Waals surface area contributed by atoms with E-state index in [2.05, 4.69) is 11.4 Å². The smallest absolute Gasteiger partial charge is 0.182 e. The van der Waals surface area contributed by atoms with Gasteiger partial charge in [0.1, 0.15) is 6.61 Å². The van der Waals surface area contributed by atoms with Crippen LogP contribution in [0.5, 0.6) is 0 Å². The van der Waals surface area contributed by atoms with E-state index in [0.717, 1.165) is 44.8 Å². The Bertz CT molecular complexity index is 126. The first-order chi connectivity index (χ1) is 5.43. The first-order valence-corrected chi connectivity index (χ1v) is 4.20. The number of nitrogens with two attached hydrogens (primary N) is 1. The first-order valence-electron chi connectivity index (χ1n) is 4.20. The number of ether oxygens (including phenoxy) is 1. The number of unbranched alkanes of at least 4 members (excludes halogenated alkanes) is 2. The molecule has 3 N–H and O–H groups in total. The normalized spacial score (nSPS) is 19.9. The third-order valence-electron chi connectivity index (χ3n) is 1.65. The third-order valence-corrected chi connectivity index (χ3v) is 1.65. The van der Waals surface area contributed by atoms with Crippen molar-refractivity contribution in [3.8, 4) is 0 Å². The molecule has 0 radical (unpaired) electrons. The van der Waals surface area contributed by atoms with Crippen molar-refractivity contribution in [1.82, 2.24) is 5.32 Å². The average molecular weight is 156 g/mol. The van der Waals surface area contributed by atoms with Crippen LogP contribution in [-0.4, -0.2) is 19.7 Å². The van der Waals surface area contributed by atoms with Crippen molar-refractivity contribution < 1.29 is 4.74 Å². The molecule has 0 unspecified atom stereocenters. The van der Waals surface area contributed by atoms with Gasteiger partial charge in [0.15, 0.2) is 5.88 Å². The molecule has 0 spiro atoms. The molecule has 1 aliphatic rings. The molecule has 0 aliphatic carbocycles. The maximum Gasteiger partial charge on any atom is 0.182 e. The van der Waals surface area contributed by atoms with Crippen molar-refractivity contribution in [2.75, 3.05) is 19.7 Å². The zero-order valence-corrected chi connectivity index (χ0v) is 6.81. The minimum absolute atomic E-state index is 0.789. The molecule has 1 heterocycles. The molecule has 1 rings (SSSR count). The summed E-state index contributed by atoms with van der Waals surface area (Å²) in [5.74, 6) is 0.946. The summed E-state index contributed by atoms with van der Waals surface area (Å²) in [7, 11) is 0. The lowest BCUT2D eigenvalue weighted by Crippen LogP contribution is -2.04. The van der Waals surface area contributed by atoms with Crippen LogP contribution in [0.3, 0.4) is 0 Å². The molecule has 11 heavy (non-hydrogen) atoms. The lowest BCUT2D eigenvalue weighted by Gasteiger charge is -1.97. The fourth-order valence-electron chi connectivity index (χ4n) is 1.04. The molecule has 0 amide bonds.